The maximum absolute atomic E-state index is 12.2. The average molecular weight is 399 g/mol. The van der Waals surface area contributed by atoms with Gasteiger partial charge in [-0.15, -0.1) is 0 Å². The van der Waals surface area contributed by atoms with Gasteiger partial charge in [-0.25, -0.2) is 0 Å². The number of aromatic nitrogens is 2. The molecule has 1 heterocycles. The molecule has 6 heteroatoms. The SMILES string of the molecule is Cc1cn(CCCCCCOC(=O)C(CC(C)C)C(C)C)c(=S)[nH]c1=S. The first-order chi connectivity index (χ1) is 12.2. The quantitative estimate of drug-likeness (QED) is 0.282. The third-order valence-corrected chi connectivity index (χ3v) is 5.32. The Balaban J connectivity index is 2.25. The van der Waals surface area contributed by atoms with E-state index in [4.69, 9.17) is 29.2 Å². The number of hydrogen-bond donors (Lipinski definition) is 1. The lowest BCUT2D eigenvalue weighted by molar-refractivity contribution is -0.151. The van der Waals surface area contributed by atoms with Crippen LogP contribution in [0.4, 0.5) is 0 Å². The maximum atomic E-state index is 12.2. The van der Waals surface area contributed by atoms with Crippen LogP contribution in [0.15, 0.2) is 6.20 Å². The third-order valence-electron chi connectivity index (χ3n) is 4.56. The van der Waals surface area contributed by atoms with Crippen molar-refractivity contribution in [2.45, 2.75) is 73.3 Å². The van der Waals surface area contributed by atoms with Crippen LogP contribution in [0, 0.1) is 34.1 Å². The lowest BCUT2D eigenvalue weighted by Gasteiger charge is -2.21. The Hall–Kier alpha value is -1.01. The van der Waals surface area contributed by atoms with E-state index in [-0.39, 0.29) is 11.9 Å². The predicted octanol–water partition coefficient (Wildman–Crippen LogP) is 6.01. The van der Waals surface area contributed by atoms with Crippen molar-refractivity contribution in [2.75, 3.05) is 6.61 Å². The van der Waals surface area contributed by atoms with Gasteiger partial charge in [0.05, 0.1) is 12.5 Å². The molecule has 1 aromatic rings. The molecule has 0 aliphatic rings. The Labute approximate surface area is 168 Å². The second-order valence-corrected chi connectivity index (χ2v) is 8.62. The van der Waals surface area contributed by atoms with Crippen LogP contribution in [-0.4, -0.2) is 22.1 Å². The molecular formula is C20H34N2O2S2. The summed E-state index contributed by atoms with van der Waals surface area (Å²) in [6.07, 6.45) is 7.03. The zero-order valence-corrected chi connectivity index (χ0v) is 18.5. The number of aromatic amines is 1. The Kier molecular flexibility index (Phi) is 10.3. The Morgan fingerprint density at radius 1 is 1.15 bits per heavy atom. The highest BCUT2D eigenvalue weighted by atomic mass is 32.1. The summed E-state index contributed by atoms with van der Waals surface area (Å²) in [6.45, 7) is 11.9. The first-order valence-electron chi connectivity index (χ1n) is 9.69. The first-order valence-corrected chi connectivity index (χ1v) is 10.5. The Morgan fingerprint density at radius 3 is 2.42 bits per heavy atom. The molecule has 0 radical (unpaired) electrons. The fraction of sp³-hybridized carbons (Fsp3) is 0.750. The highest BCUT2D eigenvalue weighted by molar-refractivity contribution is 7.72. The molecule has 1 aromatic heterocycles. The molecule has 4 nitrogen and oxygen atoms in total. The van der Waals surface area contributed by atoms with Crippen LogP contribution in [0.5, 0.6) is 0 Å². The number of ether oxygens (including phenoxy) is 1. The topological polar surface area (TPSA) is 47.0 Å². The van der Waals surface area contributed by atoms with Crippen LogP contribution in [0.2, 0.25) is 0 Å². The van der Waals surface area contributed by atoms with Gasteiger partial charge in [-0.3, -0.25) is 4.79 Å². The Bertz CT molecular complexity index is 677. The van der Waals surface area contributed by atoms with E-state index in [0.717, 1.165) is 44.2 Å². The molecule has 0 aromatic carbocycles. The van der Waals surface area contributed by atoms with Crippen LogP contribution in [-0.2, 0) is 16.1 Å². The van der Waals surface area contributed by atoms with Crippen molar-refractivity contribution in [1.82, 2.24) is 9.55 Å². The van der Waals surface area contributed by atoms with E-state index in [2.05, 4.69) is 32.7 Å². The van der Waals surface area contributed by atoms with Gasteiger partial charge in [0.1, 0.15) is 4.64 Å². The molecule has 0 amide bonds. The number of unbranched alkanes of at least 4 members (excludes halogenated alkanes) is 3. The van der Waals surface area contributed by atoms with Crippen molar-refractivity contribution in [3.05, 3.63) is 21.2 Å². The monoisotopic (exact) mass is 398 g/mol. The summed E-state index contributed by atoms with van der Waals surface area (Å²) in [5.74, 6) is 0.826. The number of carbonyl (C=O) groups excluding carboxylic acids is 1. The van der Waals surface area contributed by atoms with Crippen LogP contribution in [0.1, 0.15) is 65.4 Å². The molecule has 0 spiro atoms. The van der Waals surface area contributed by atoms with Gasteiger partial charge in [0, 0.05) is 18.3 Å². The lowest BCUT2D eigenvalue weighted by Crippen LogP contribution is -2.24. The van der Waals surface area contributed by atoms with E-state index < -0.39 is 0 Å². The molecule has 0 fully saturated rings. The van der Waals surface area contributed by atoms with Crippen molar-refractivity contribution < 1.29 is 9.53 Å². The summed E-state index contributed by atoms with van der Waals surface area (Å²) in [6, 6.07) is 0. The largest absolute Gasteiger partial charge is 0.465 e. The number of carbonyl (C=O) groups is 1. The molecule has 0 saturated heterocycles. The fourth-order valence-electron chi connectivity index (χ4n) is 2.95. The van der Waals surface area contributed by atoms with Crippen molar-refractivity contribution in [2.24, 2.45) is 17.8 Å². The van der Waals surface area contributed by atoms with Gasteiger partial charge in [0.15, 0.2) is 4.77 Å². The molecule has 1 unspecified atom stereocenters. The number of H-pyrrole nitrogens is 1. The summed E-state index contributed by atoms with van der Waals surface area (Å²) >= 11 is 10.5. The summed E-state index contributed by atoms with van der Waals surface area (Å²) in [5, 5.41) is 0. The van der Waals surface area contributed by atoms with Gasteiger partial charge in [-0.05, 0) is 56.7 Å². The second-order valence-electron chi connectivity index (χ2n) is 7.83. The number of aryl methyl sites for hydroxylation is 2. The van der Waals surface area contributed by atoms with Crippen LogP contribution >= 0.6 is 24.4 Å². The number of esters is 1. The molecule has 0 aliphatic heterocycles. The van der Waals surface area contributed by atoms with Gasteiger partial charge in [0.25, 0.3) is 0 Å². The Morgan fingerprint density at radius 2 is 1.81 bits per heavy atom. The summed E-state index contributed by atoms with van der Waals surface area (Å²) < 4.78 is 8.94. The van der Waals surface area contributed by atoms with E-state index in [1.54, 1.807) is 0 Å². The minimum absolute atomic E-state index is 0.0173. The van der Waals surface area contributed by atoms with Crippen molar-refractivity contribution in [3.8, 4) is 0 Å². The molecule has 0 bridgehead atoms. The summed E-state index contributed by atoms with van der Waals surface area (Å²) in [7, 11) is 0. The average Bonchev–Trinajstić information content (AvgIpc) is 2.55. The van der Waals surface area contributed by atoms with Crippen LogP contribution < -0.4 is 0 Å². The van der Waals surface area contributed by atoms with Gasteiger partial charge in [0.2, 0.25) is 0 Å². The van der Waals surface area contributed by atoms with E-state index >= 15 is 0 Å². The summed E-state index contributed by atoms with van der Waals surface area (Å²) in [4.78, 5) is 15.3. The molecule has 1 atom stereocenters. The van der Waals surface area contributed by atoms with Crippen molar-refractivity contribution in [1.29, 1.82) is 0 Å². The fourth-order valence-corrected chi connectivity index (χ4v) is 3.41. The van der Waals surface area contributed by atoms with Gasteiger partial charge in [-0.2, -0.15) is 0 Å². The molecule has 0 saturated carbocycles. The number of hydrogen-bond acceptors (Lipinski definition) is 4. The minimum atomic E-state index is -0.0324. The highest BCUT2D eigenvalue weighted by Crippen LogP contribution is 2.21. The van der Waals surface area contributed by atoms with Crippen LogP contribution in [0.25, 0.3) is 0 Å². The van der Waals surface area contributed by atoms with Crippen molar-refractivity contribution in [3.63, 3.8) is 0 Å². The summed E-state index contributed by atoms with van der Waals surface area (Å²) in [5.41, 5.74) is 1.04. The van der Waals surface area contributed by atoms with Gasteiger partial charge in [-0.1, -0.05) is 46.3 Å². The molecule has 1 N–H and O–H groups in total. The number of nitrogens with zero attached hydrogens (tertiary/aromatic N) is 1. The van der Waals surface area contributed by atoms with Crippen LogP contribution in [0.3, 0.4) is 0 Å². The van der Waals surface area contributed by atoms with E-state index in [9.17, 15) is 4.79 Å². The minimum Gasteiger partial charge on any atom is -0.465 e. The molecule has 26 heavy (non-hydrogen) atoms. The second kappa shape index (κ2) is 11.7. The van der Waals surface area contributed by atoms with E-state index in [1.165, 1.54) is 0 Å². The molecule has 0 aliphatic carbocycles. The number of nitrogens with one attached hydrogen (secondary N) is 1. The van der Waals surface area contributed by atoms with E-state index in [0.29, 0.717) is 27.9 Å². The normalized spacial score (nSPS) is 12.6. The molecular weight excluding hydrogens is 364 g/mol. The maximum Gasteiger partial charge on any atom is 0.309 e. The zero-order valence-electron chi connectivity index (χ0n) is 16.8. The van der Waals surface area contributed by atoms with E-state index in [1.807, 2.05) is 17.7 Å². The smallest absolute Gasteiger partial charge is 0.309 e. The molecule has 148 valence electrons. The van der Waals surface area contributed by atoms with Gasteiger partial charge < -0.3 is 14.3 Å². The highest BCUT2D eigenvalue weighted by Gasteiger charge is 2.24. The van der Waals surface area contributed by atoms with Gasteiger partial charge >= 0.3 is 5.97 Å². The lowest BCUT2D eigenvalue weighted by atomic mass is 9.88. The molecule has 1 rings (SSSR count). The first kappa shape index (κ1) is 23.0. The number of rotatable bonds is 11. The predicted molar refractivity (Wildman–Crippen MR) is 112 cm³/mol. The zero-order chi connectivity index (χ0) is 19.7. The standard InChI is InChI=1S/C20H34N2O2S2/c1-14(2)12-17(15(3)4)19(23)24-11-9-7-6-8-10-22-13-16(5)18(25)21-20(22)26/h13-15,17H,6-12H2,1-5H3,(H,21,25,26). The third kappa shape index (κ3) is 8.12. The van der Waals surface area contributed by atoms with Crippen molar-refractivity contribution >= 4 is 30.4 Å².